The molecule has 0 N–H and O–H groups in total. The van der Waals surface area contributed by atoms with Crippen LogP contribution in [0.15, 0.2) is 30.3 Å². The minimum Gasteiger partial charge on any atom is -0.453 e. The van der Waals surface area contributed by atoms with E-state index in [2.05, 4.69) is 0 Å². The number of piperidine rings is 1. The minimum atomic E-state index is -0.242. The highest BCUT2D eigenvalue weighted by atomic mass is 16.6. The molecule has 0 unspecified atom stereocenters. The molecule has 2 saturated heterocycles. The number of hydrogen-bond acceptors (Lipinski definition) is 3. The number of carbonyl (C=O) groups excluding carboxylic acids is 1. The molecule has 4 heteroatoms. The number of amides is 1. The SMILES string of the molecule is COC(=O)N1CCC[C@@H]2O[C@H](c3ccccc3)[C@@H]21. The smallest absolute Gasteiger partial charge is 0.409 e. The van der Waals surface area contributed by atoms with Gasteiger partial charge in [0.05, 0.1) is 19.3 Å². The zero-order valence-corrected chi connectivity index (χ0v) is 10.4. The topological polar surface area (TPSA) is 38.8 Å². The van der Waals surface area contributed by atoms with E-state index in [1.807, 2.05) is 35.2 Å². The maximum atomic E-state index is 11.8. The number of nitrogens with zero attached hydrogens (tertiary/aromatic N) is 1. The van der Waals surface area contributed by atoms with Crippen molar-refractivity contribution in [1.29, 1.82) is 0 Å². The molecule has 1 aromatic carbocycles. The minimum absolute atomic E-state index is 0.00407. The van der Waals surface area contributed by atoms with Gasteiger partial charge in [-0.25, -0.2) is 4.79 Å². The third kappa shape index (κ3) is 1.77. The van der Waals surface area contributed by atoms with E-state index in [4.69, 9.17) is 9.47 Å². The van der Waals surface area contributed by atoms with Gasteiger partial charge in [-0.2, -0.15) is 0 Å². The van der Waals surface area contributed by atoms with Gasteiger partial charge >= 0.3 is 6.09 Å². The number of hydrogen-bond donors (Lipinski definition) is 0. The summed E-state index contributed by atoms with van der Waals surface area (Å²) in [6.45, 7) is 0.764. The second-order valence-corrected chi connectivity index (χ2v) is 4.80. The Morgan fingerprint density at radius 1 is 1.39 bits per heavy atom. The van der Waals surface area contributed by atoms with Gasteiger partial charge in [-0.15, -0.1) is 0 Å². The van der Waals surface area contributed by atoms with Gasteiger partial charge in [0.2, 0.25) is 0 Å². The van der Waals surface area contributed by atoms with Crippen LogP contribution in [-0.4, -0.2) is 36.8 Å². The Morgan fingerprint density at radius 3 is 2.89 bits per heavy atom. The molecule has 0 saturated carbocycles. The second-order valence-electron chi connectivity index (χ2n) is 4.80. The highest BCUT2D eigenvalue weighted by molar-refractivity contribution is 5.68. The molecule has 3 rings (SSSR count). The normalized spacial score (nSPS) is 30.3. The number of methoxy groups -OCH3 is 1. The van der Waals surface area contributed by atoms with Crippen molar-refractivity contribution in [3.63, 3.8) is 0 Å². The van der Waals surface area contributed by atoms with Crippen molar-refractivity contribution < 1.29 is 14.3 Å². The summed E-state index contributed by atoms with van der Waals surface area (Å²) in [6.07, 6.45) is 1.94. The lowest BCUT2D eigenvalue weighted by atomic mass is 9.85. The maximum Gasteiger partial charge on any atom is 0.409 e. The Bertz CT molecular complexity index is 434. The van der Waals surface area contributed by atoms with Gasteiger partial charge < -0.3 is 9.47 Å². The van der Waals surface area contributed by atoms with Crippen LogP contribution in [0.1, 0.15) is 24.5 Å². The molecular weight excluding hydrogens is 230 g/mol. The highest BCUT2D eigenvalue weighted by Gasteiger charge is 2.50. The molecule has 0 aliphatic carbocycles. The van der Waals surface area contributed by atoms with Gasteiger partial charge in [0, 0.05) is 6.54 Å². The van der Waals surface area contributed by atoms with Crippen molar-refractivity contribution >= 4 is 6.09 Å². The lowest BCUT2D eigenvalue weighted by molar-refractivity contribution is -0.208. The van der Waals surface area contributed by atoms with Crippen molar-refractivity contribution in [3.05, 3.63) is 35.9 Å². The van der Waals surface area contributed by atoms with Crippen molar-refractivity contribution in [2.75, 3.05) is 13.7 Å². The van der Waals surface area contributed by atoms with Crippen LogP contribution >= 0.6 is 0 Å². The van der Waals surface area contributed by atoms with Crippen molar-refractivity contribution in [2.24, 2.45) is 0 Å². The van der Waals surface area contributed by atoms with Crippen LogP contribution in [0.2, 0.25) is 0 Å². The molecule has 0 spiro atoms. The summed E-state index contributed by atoms with van der Waals surface area (Å²) in [5, 5.41) is 0. The highest BCUT2D eigenvalue weighted by Crippen LogP contribution is 2.43. The summed E-state index contributed by atoms with van der Waals surface area (Å²) >= 11 is 0. The number of likely N-dealkylation sites (tertiary alicyclic amines) is 1. The van der Waals surface area contributed by atoms with E-state index in [-0.39, 0.29) is 24.3 Å². The van der Waals surface area contributed by atoms with E-state index >= 15 is 0 Å². The Labute approximate surface area is 106 Å². The lowest BCUT2D eigenvalue weighted by Gasteiger charge is -2.52. The predicted octanol–water partition coefficient (Wildman–Crippen LogP) is 2.36. The van der Waals surface area contributed by atoms with Crippen molar-refractivity contribution in [2.45, 2.75) is 31.1 Å². The molecule has 2 aliphatic rings. The van der Waals surface area contributed by atoms with Crippen molar-refractivity contribution in [3.8, 4) is 0 Å². The van der Waals surface area contributed by atoms with E-state index < -0.39 is 0 Å². The Hall–Kier alpha value is -1.55. The third-order valence-corrected chi connectivity index (χ3v) is 3.80. The van der Waals surface area contributed by atoms with Crippen LogP contribution in [0.3, 0.4) is 0 Å². The van der Waals surface area contributed by atoms with Crippen LogP contribution in [-0.2, 0) is 9.47 Å². The largest absolute Gasteiger partial charge is 0.453 e. The fraction of sp³-hybridized carbons (Fsp3) is 0.500. The van der Waals surface area contributed by atoms with E-state index in [9.17, 15) is 4.79 Å². The van der Waals surface area contributed by atoms with Gasteiger partial charge in [0.15, 0.2) is 0 Å². The number of fused-ring (bicyclic) bond motifs is 1. The first kappa shape index (κ1) is 11.5. The summed E-state index contributed by atoms with van der Waals surface area (Å²) in [5.41, 5.74) is 1.13. The molecule has 2 fully saturated rings. The molecule has 0 bridgehead atoms. The molecular formula is C14H17NO3. The molecule has 0 radical (unpaired) electrons. The molecule has 0 aromatic heterocycles. The standard InChI is InChI=1S/C14H17NO3/c1-17-14(16)15-9-5-8-11-12(15)13(18-11)10-6-3-2-4-7-10/h2-4,6-7,11-13H,5,8-9H2,1H3/t11-,12+,13+/m0/s1. The molecule has 2 aliphatic heterocycles. The summed E-state index contributed by atoms with van der Waals surface area (Å²) in [6, 6.07) is 10.2. The first-order valence-corrected chi connectivity index (χ1v) is 6.36. The zero-order valence-electron chi connectivity index (χ0n) is 10.4. The van der Waals surface area contributed by atoms with Gasteiger partial charge in [0.1, 0.15) is 6.10 Å². The van der Waals surface area contributed by atoms with Crippen LogP contribution in [0, 0.1) is 0 Å². The average Bonchev–Trinajstić information content (AvgIpc) is 2.40. The summed E-state index contributed by atoms with van der Waals surface area (Å²) in [5.74, 6) is 0. The molecule has 3 atom stereocenters. The van der Waals surface area contributed by atoms with Crippen LogP contribution < -0.4 is 0 Å². The van der Waals surface area contributed by atoms with Crippen molar-refractivity contribution in [1.82, 2.24) is 4.90 Å². The lowest BCUT2D eigenvalue weighted by Crippen LogP contribution is -2.62. The first-order chi connectivity index (χ1) is 8.81. The number of benzene rings is 1. The predicted molar refractivity (Wildman–Crippen MR) is 66.2 cm³/mol. The first-order valence-electron chi connectivity index (χ1n) is 6.36. The number of carbonyl (C=O) groups is 1. The fourth-order valence-electron chi connectivity index (χ4n) is 2.92. The maximum absolute atomic E-state index is 11.8. The molecule has 4 nitrogen and oxygen atoms in total. The van der Waals surface area contributed by atoms with Gasteiger partial charge in [0.25, 0.3) is 0 Å². The average molecular weight is 247 g/mol. The van der Waals surface area contributed by atoms with E-state index in [1.165, 1.54) is 7.11 Å². The van der Waals surface area contributed by atoms with Crippen LogP contribution in [0.5, 0.6) is 0 Å². The van der Waals surface area contributed by atoms with E-state index in [0.29, 0.717) is 0 Å². The Kier molecular flexibility index (Phi) is 2.96. The molecule has 1 aromatic rings. The monoisotopic (exact) mass is 247 g/mol. The quantitative estimate of drug-likeness (QED) is 0.764. The number of ether oxygens (including phenoxy) is 2. The Balaban J connectivity index is 1.81. The molecule has 96 valence electrons. The molecule has 18 heavy (non-hydrogen) atoms. The molecule has 2 heterocycles. The van der Waals surface area contributed by atoms with Gasteiger partial charge in [-0.1, -0.05) is 30.3 Å². The van der Waals surface area contributed by atoms with Crippen LogP contribution in [0.25, 0.3) is 0 Å². The second kappa shape index (κ2) is 4.61. The van der Waals surface area contributed by atoms with E-state index in [0.717, 1.165) is 24.9 Å². The molecule has 1 amide bonds. The third-order valence-electron chi connectivity index (χ3n) is 3.80. The van der Waals surface area contributed by atoms with Gasteiger partial charge in [-0.05, 0) is 18.4 Å². The zero-order chi connectivity index (χ0) is 12.5. The van der Waals surface area contributed by atoms with E-state index in [1.54, 1.807) is 0 Å². The van der Waals surface area contributed by atoms with Gasteiger partial charge in [-0.3, -0.25) is 4.90 Å². The summed E-state index contributed by atoms with van der Waals surface area (Å²) < 4.78 is 10.8. The fourth-order valence-corrected chi connectivity index (χ4v) is 2.92. The number of rotatable bonds is 1. The van der Waals surface area contributed by atoms with Crippen LogP contribution in [0.4, 0.5) is 4.79 Å². The Morgan fingerprint density at radius 2 is 2.17 bits per heavy atom. The summed E-state index contributed by atoms with van der Waals surface area (Å²) in [7, 11) is 1.43. The summed E-state index contributed by atoms with van der Waals surface area (Å²) in [4.78, 5) is 13.6.